The van der Waals surface area contributed by atoms with Gasteiger partial charge in [-0.05, 0) is 38.0 Å². The lowest BCUT2D eigenvalue weighted by Gasteiger charge is -2.13. The highest BCUT2D eigenvalue weighted by atomic mass is 35.5. The summed E-state index contributed by atoms with van der Waals surface area (Å²) in [5.41, 5.74) is 7.08. The number of carbonyl (C=O) groups is 1. The van der Waals surface area contributed by atoms with Crippen LogP contribution in [0, 0.1) is 0 Å². The Kier molecular flexibility index (Phi) is 3.48. The van der Waals surface area contributed by atoms with E-state index >= 15 is 0 Å². The number of amides is 1. The maximum absolute atomic E-state index is 12.4. The fraction of sp³-hybridized carbons (Fsp3) is 0.357. The summed E-state index contributed by atoms with van der Waals surface area (Å²) in [5.74, 6) is -0.0920. The zero-order chi connectivity index (χ0) is 14.3. The normalized spacial score (nSPS) is 16.1. The Hall–Kier alpha value is -1.46. The van der Waals surface area contributed by atoms with Crippen LogP contribution in [0.25, 0.3) is 0 Å². The molecule has 3 rings (SSSR count). The fourth-order valence-corrected chi connectivity index (χ4v) is 3.30. The van der Waals surface area contributed by atoms with Crippen molar-refractivity contribution in [3.8, 4) is 0 Å². The molecule has 0 bridgehead atoms. The molecule has 1 amide bonds. The van der Waals surface area contributed by atoms with Gasteiger partial charge in [0.1, 0.15) is 5.69 Å². The van der Waals surface area contributed by atoms with Crippen molar-refractivity contribution < 1.29 is 4.79 Å². The molecular weight excluding hydrogens is 294 g/mol. The van der Waals surface area contributed by atoms with Gasteiger partial charge < -0.3 is 15.6 Å². The molecule has 0 radical (unpaired) electrons. The molecule has 4 nitrogen and oxygen atoms in total. The maximum atomic E-state index is 12.4. The van der Waals surface area contributed by atoms with E-state index in [0.717, 1.165) is 22.1 Å². The van der Waals surface area contributed by atoms with Gasteiger partial charge in [-0.2, -0.15) is 0 Å². The fourth-order valence-electron chi connectivity index (χ4n) is 2.24. The number of nitrogens with one attached hydrogen (secondary N) is 1. The predicted octanol–water partition coefficient (Wildman–Crippen LogP) is 3.61. The molecule has 6 heteroatoms. The van der Waals surface area contributed by atoms with Crippen molar-refractivity contribution in [3.05, 3.63) is 39.3 Å². The van der Waals surface area contributed by atoms with Crippen LogP contribution in [-0.4, -0.2) is 10.5 Å². The topological polar surface area (TPSA) is 60.1 Å². The Morgan fingerprint density at radius 2 is 2.30 bits per heavy atom. The standard InChI is InChI=1S/C14H16ClN3OS/c1-8(12-4-5-13(15)20-12)17-14(19)11-6-9(16)7-18(11)10-2-3-10/h4-8,10H,2-3,16H2,1H3,(H,17,19). The molecular formula is C14H16ClN3OS. The van der Waals surface area contributed by atoms with Gasteiger partial charge in [0.15, 0.2) is 0 Å². The van der Waals surface area contributed by atoms with Gasteiger partial charge in [0.2, 0.25) is 0 Å². The molecule has 2 heterocycles. The second kappa shape index (κ2) is 5.14. The van der Waals surface area contributed by atoms with Crippen LogP contribution in [0.5, 0.6) is 0 Å². The van der Waals surface area contributed by atoms with Crippen molar-refractivity contribution in [2.24, 2.45) is 0 Å². The largest absolute Gasteiger partial charge is 0.397 e. The molecule has 1 aliphatic carbocycles. The smallest absolute Gasteiger partial charge is 0.268 e. The van der Waals surface area contributed by atoms with Crippen molar-refractivity contribution in [1.82, 2.24) is 9.88 Å². The zero-order valence-electron chi connectivity index (χ0n) is 11.1. The van der Waals surface area contributed by atoms with E-state index in [9.17, 15) is 4.79 Å². The van der Waals surface area contributed by atoms with Gasteiger partial charge in [-0.15, -0.1) is 11.3 Å². The highest BCUT2D eigenvalue weighted by Crippen LogP contribution is 2.37. The third kappa shape index (κ3) is 2.69. The maximum Gasteiger partial charge on any atom is 0.268 e. The molecule has 20 heavy (non-hydrogen) atoms. The first-order chi connectivity index (χ1) is 9.54. The first kappa shape index (κ1) is 13.5. The number of aromatic nitrogens is 1. The summed E-state index contributed by atoms with van der Waals surface area (Å²) >= 11 is 7.40. The minimum atomic E-state index is -0.0920. The third-order valence-corrected chi connectivity index (χ3v) is 4.82. The summed E-state index contributed by atoms with van der Waals surface area (Å²) in [5, 5.41) is 3.00. The molecule has 2 aromatic heterocycles. The zero-order valence-corrected chi connectivity index (χ0v) is 12.7. The number of hydrogen-bond acceptors (Lipinski definition) is 3. The molecule has 3 N–H and O–H groups in total. The minimum absolute atomic E-state index is 0.0659. The average Bonchev–Trinajstić information content (AvgIpc) is 3.03. The number of carbonyl (C=O) groups excluding carboxylic acids is 1. The van der Waals surface area contributed by atoms with Crippen LogP contribution in [0.4, 0.5) is 5.69 Å². The van der Waals surface area contributed by atoms with E-state index in [-0.39, 0.29) is 11.9 Å². The SMILES string of the molecule is CC(NC(=O)c1cc(N)cn1C1CC1)c1ccc(Cl)s1. The van der Waals surface area contributed by atoms with Crippen molar-refractivity contribution in [2.75, 3.05) is 5.73 Å². The van der Waals surface area contributed by atoms with E-state index < -0.39 is 0 Å². The van der Waals surface area contributed by atoms with Crippen LogP contribution in [0.1, 0.15) is 47.2 Å². The van der Waals surface area contributed by atoms with Gasteiger partial charge in [-0.25, -0.2) is 0 Å². The summed E-state index contributed by atoms with van der Waals surface area (Å²) in [7, 11) is 0. The van der Waals surface area contributed by atoms with Crippen LogP contribution in [-0.2, 0) is 0 Å². The molecule has 0 saturated heterocycles. The Morgan fingerprint density at radius 1 is 1.55 bits per heavy atom. The van der Waals surface area contributed by atoms with Crippen LogP contribution >= 0.6 is 22.9 Å². The van der Waals surface area contributed by atoms with Crippen molar-refractivity contribution in [2.45, 2.75) is 31.8 Å². The Morgan fingerprint density at radius 3 is 2.90 bits per heavy atom. The number of halogens is 1. The molecule has 106 valence electrons. The van der Waals surface area contributed by atoms with Crippen LogP contribution in [0.3, 0.4) is 0 Å². The van der Waals surface area contributed by atoms with Crippen LogP contribution in [0.15, 0.2) is 24.4 Å². The molecule has 0 aromatic carbocycles. The quantitative estimate of drug-likeness (QED) is 0.906. The molecule has 1 aliphatic rings. The van der Waals surface area contributed by atoms with Gasteiger partial charge in [-0.3, -0.25) is 4.79 Å². The second-order valence-electron chi connectivity index (χ2n) is 5.13. The number of nitrogens with two attached hydrogens (primary N) is 1. The first-order valence-electron chi connectivity index (χ1n) is 6.58. The van der Waals surface area contributed by atoms with Gasteiger partial charge in [0.05, 0.1) is 16.1 Å². The molecule has 0 aliphatic heterocycles. The molecule has 0 spiro atoms. The predicted molar refractivity (Wildman–Crippen MR) is 82.3 cm³/mol. The molecule has 1 unspecified atom stereocenters. The first-order valence-corrected chi connectivity index (χ1v) is 7.77. The number of thiophene rings is 1. The summed E-state index contributed by atoms with van der Waals surface area (Å²) in [6.45, 7) is 1.95. The van der Waals surface area contributed by atoms with E-state index in [1.807, 2.05) is 29.8 Å². The Labute approximate surface area is 126 Å². The summed E-state index contributed by atoms with van der Waals surface area (Å²) < 4.78 is 2.71. The number of anilines is 1. The van der Waals surface area contributed by atoms with E-state index in [4.69, 9.17) is 17.3 Å². The molecule has 1 fully saturated rings. The molecule has 1 saturated carbocycles. The van der Waals surface area contributed by atoms with E-state index in [1.165, 1.54) is 11.3 Å². The van der Waals surface area contributed by atoms with E-state index in [2.05, 4.69) is 5.32 Å². The lowest BCUT2D eigenvalue weighted by Crippen LogP contribution is -2.28. The van der Waals surface area contributed by atoms with Crippen molar-refractivity contribution in [3.63, 3.8) is 0 Å². The lowest BCUT2D eigenvalue weighted by molar-refractivity contribution is 0.0931. The number of rotatable bonds is 4. The summed E-state index contributed by atoms with van der Waals surface area (Å²) in [4.78, 5) is 13.4. The number of nitrogens with zero attached hydrogens (tertiary/aromatic N) is 1. The van der Waals surface area contributed by atoms with Crippen LogP contribution in [0.2, 0.25) is 4.34 Å². The lowest BCUT2D eigenvalue weighted by atomic mass is 10.2. The monoisotopic (exact) mass is 309 g/mol. The van der Waals surface area contributed by atoms with E-state index in [1.54, 1.807) is 6.07 Å². The minimum Gasteiger partial charge on any atom is -0.397 e. The Bertz CT molecular complexity index is 645. The third-order valence-electron chi connectivity index (χ3n) is 3.41. The van der Waals surface area contributed by atoms with E-state index in [0.29, 0.717) is 17.4 Å². The average molecular weight is 310 g/mol. The van der Waals surface area contributed by atoms with Gasteiger partial charge in [0.25, 0.3) is 5.91 Å². The Balaban J connectivity index is 1.76. The van der Waals surface area contributed by atoms with Crippen molar-refractivity contribution >= 4 is 34.5 Å². The second-order valence-corrected chi connectivity index (χ2v) is 6.88. The van der Waals surface area contributed by atoms with Gasteiger partial charge in [0, 0.05) is 17.1 Å². The summed E-state index contributed by atoms with van der Waals surface area (Å²) in [6, 6.07) is 5.88. The van der Waals surface area contributed by atoms with Crippen LogP contribution < -0.4 is 11.1 Å². The highest BCUT2D eigenvalue weighted by molar-refractivity contribution is 7.16. The summed E-state index contributed by atoms with van der Waals surface area (Å²) in [6.07, 6.45) is 4.08. The number of nitrogen functional groups attached to an aromatic ring is 1. The number of hydrogen-bond donors (Lipinski definition) is 2. The van der Waals surface area contributed by atoms with Crippen molar-refractivity contribution in [1.29, 1.82) is 0 Å². The molecule has 2 aromatic rings. The van der Waals surface area contributed by atoms with Gasteiger partial charge in [-0.1, -0.05) is 11.6 Å². The molecule has 1 atom stereocenters. The highest BCUT2D eigenvalue weighted by Gasteiger charge is 2.28. The van der Waals surface area contributed by atoms with Gasteiger partial charge >= 0.3 is 0 Å².